The van der Waals surface area contributed by atoms with Gasteiger partial charge in [-0.3, -0.25) is 4.90 Å². The standard InChI is InChI=1S/C12H12N2O3/c1-8(7-15)14(12(16)17)11-6-13-10-5-3-2-4-9(10)11/h2-8,13H,1H3,(H,16,17). The summed E-state index contributed by atoms with van der Waals surface area (Å²) in [5.74, 6) is 0. The number of H-pyrrole nitrogens is 1. The van der Waals surface area contributed by atoms with Crippen molar-refractivity contribution in [3.8, 4) is 0 Å². The highest BCUT2D eigenvalue weighted by Gasteiger charge is 2.23. The van der Waals surface area contributed by atoms with Gasteiger partial charge < -0.3 is 14.9 Å². The third-order valence-corrected chi connectivity index (χ3v) is 2.64. The Bertz CT molecular complexity index is 562. The zero-order valence-electron chi connectivity index (χ0n) is 9.25. The molecule has 1 heterocycles. The van der Waals surface area contributed by atoms with Crippen molar-refractivity contribution in [3.05, 3.63) is 30.5 Å². The van der Waals surface area contributed by atoms with Crippen LogP contribution in [0.1, 0.15) is 6.92 Å². The number of nitrogens with zero attached hydrogens (tertiary/aromatic N) is 1. The van der Waals surface area contributed by atoms with Crippen LogP contribution >= 0.6 is 0 Å². The number of nitrogens with one attached hydrogen (secondary N) is 1. The van der Waals surface area contributed by atoms with Crippen LogP contribution in [0.4, 0.5) is 10.5 Å². The van der Waals surface area contributed by atoms with E-state index in [2.05, 4.69) is 4.98 Å². The number of amides is 1. The maximum atomic E-state index is 11.2. The van der Waals surface area contributed by atoms with Gasteiger partial charge in [-0.05, 0) is 13.0 Å². The van der Waals surface area contributed by atoms with Gasteiger partial charge in [0.1, 0.15) is 6.29 Å². The molecular formula is C12H12N2O3. The summed E-state index contributed by atoms with van der Waals surface area (Å²) in [6.45, 7) is 1.54. The van der Waals surface area contributed by atoms with E-state index in [1.807, 2.05) is 24.3 Å². The average molecular weight is 232 g/mol. The first-order chi connectivity index (χ1) is 8.15. The van der Waals surface area contributed by atoms with E-state index in [1.54, 1.807) is 13.1 Å². The lowest BCUT2D eigenvalue weighted by atomic mass is 10.2. The molecule has 0 saturated carbocycles. The molecule has 1 amide bonds. The van der Waals surface area contributed by atoms with E-state index in [9.17, 15) is 9.59 Å². The van der Waals surface area contributed by atoms with Crippen LogP contribution in [0.5, 0.6) is 0 Å². The number of aldehydes is 1. The summed E-state index contributed by atoms with van der Waals surface area (Å²) in [7, 11) is 0. The number of benzene rings is 1. The molecule has 5 nitrogen and oxygen atoms in total. The second-order valence-electron chi connectivity index (χ2n) is 3.75. The number of aromatic nitrogens is 1. The molecule has 1 atom stereocenters. The number of para-hydroxylation sites is 1. The molecular weight excluding hydrogens is 220 g/mol. The monoisotopic (exact) mass is 232 g/mol. The Morgan fingerprint density at radius 2 is 2.18 bits per heavy atom. The molecule has 0 spiro atoms. The fraction of sp³-hybridized carbons (Fsp3) is 0.167. The van der Waals surface area contributed by atoms with Gasteiger partial charge >= 0.3 is 6.09 Å². The van der Waals surface area contributed by atoms with Crippen LogP contribution in [0.25, 0.3) is 10.9 Å². The van der Waals surface area contributed by atoms with Crippen molar-refractivity contribution in [2.45, 2.75) is 13.0 Å². The van der Waals surface area contributed by atoms with Crippen molar-refractivity contribution in [1.29, 1.82) is 0 Å². The molecule has 2 N–H and O–H groups in total. The number of carbonyl (C=O) groups is 2. The number of fused-ring (bicyclic) bond motifs is 1. The Morgan fingerprint density at radius 1 is 1.47 bits per heavy atom. The Labute approximate surface area is 97.7 Å². The number of hydrogen-bond acceptors (Lipinski definition) is 2. The molecule has 0 saturated heterocycles. The molecule has 0 aliphatic heterocycles. The summed E-state index contributed by atoms with van der Waals surface area (Å²) in [5.41, 5.74) is 1.33. The van der Waals surface area contributed by atoms with Gasteiger partial charge in [-0.25, -0.2) is 4.79 Å². The molecule has 1 aromatic heterocycles. The second kappa shape index (κ2) is 4.29. The van der Waals surface area contributed by atoms with E-state index < -0.39 is 12.1 Å². The molecule has 2 aromatic rings. The Morgan fingerprint density at radius 3 is 2.82 bits per heavy atom. The minimum Gasteiger partial charge on any atom is -0.465 e. The lowest BCUT2D eigenvalue weighted by molar-refractivity contribution is -0.108. The first-order valence-electron chi connectivity index (χ1n) is 5.18. The van der Waals surface area contributed by atoms with Crippen LogP contribution in [0.2, 0.25) is 0 Å². The van der Waals surface area contributed by atoms with Crippen molar-refractivity contribution in [2.75, 3.05) is 4.90 Å². The molecule has 0 aliphatic rings. The lowest BCUT2D eigenvalue weighted by Crippen LogP contribution is -2.38. The number of hydrogen-bond donors (Lipinski definition) is 2. The van der Waals surface area contributed by atoms with Crippen LogP contribution in [0.3, 0.4) is 0 Å². The third kappa shape index (κ3) is 1.87. The van der Waals surface area contributed by atoms with Crippen molar-refractivity contribution in [3.63, 3.8) is 0 Å². The van der Waals surface area contributed by atoms with Gasteiger partial charge in [-0.1, -0.05) is 18.2 Å². The van der Waals surface area contributed by atoms with Crippen molar-refractivity contribution in [2.24, 2.45) is 0 Å². The van der Waals surface area contributed by atoms with E-state index >= 15 is 0 Å². The maximum Gasteiger partial charge on any atom is 0.412 e. The summed E-state index contributed by atoms with van der Waals surface area (Å²) in [6.07, 6.45) is 1.06. The predicted octanol–water partition coefficient (Wildman–Crippen LogP) is 2.24. The van der Waals surface area contributed by atoms with Crippen LogP contribution in [-0.2, 0) is 4.79 Å². The molecule has 5 heteroatoms. The van der Waals surface area contributed by atoms with Gasteiger partial charge in [0.15, 0.2) is 0 Å². The maximum absolute atomic E-state index is 11.2. The second-order valence-corrected chi connectivity index (χ2v) is 3.75. The normalized spacial score (nSPS) is 12.3. The molecule has 0 radical (unpaired) electrons. The van der Waals surface area contributed by atoms with Crippen molar-refractivity contribution in [1.82, 2.24) is 4.98 Å². The minimum atomic E-state index is -1.14. The van der Waals surface area contributed by atoms with Crippen LogP contribution in [-0.4, -0.2) is 28.5 Å². The van der Waals surface area contributed by atoms with Gasteiger partial charge in [0.25, 0.3) is 0 Å². The fourth-order valence-electron chi connectivity index (χ4n) is 1.81. The van der Waals surface area contributed by atoms with Gasteiger partial charge in [0.2, 0.25) is 0 Å². The van der Waals surface area contributed by atoms with Gasteiger partial charge in [-0.2, -0.15) is 0 Å². The zero-order valence-corrected chi connectivity index (χ0v) is 9.25. The Kier molecular flexibility index (Phi) is 2.82. The highest BCUT2D eigenvalue weighted by molar-refractivity contribution is 6.02. The average Bonchev–Trinajstić information content (AvgIpc) is 2.73. The molecule has 1 aromatic carbocycles. The van der Waals surface area contributed by atoms with E-state index in [4.69, 9.17) is 5.11 Å². The minimum absolute atomic E-state index is 0.493. The third-order valence-electron chi connectivity index (χ3n) is 2.64. The number of carbonyl (C=O) groups excluding carboxylic acids is 1. The zero-order chi connectivity index (χ0) is 12.4. The number of rotatable bonds is 3. The predicted molar refractivity (Wildman–Crippen MR) is 64.3 cm³/mol. The van der Waals surface area contributed by atoms with E-state index in [-0.39, 0.29) is 0 Å². The molecule has 2 rings (SSSR count). The molecule has 0 bridgehead atoms. The van der Waals surface area contributed by atoms with Crippen molar-refractivity contribution >= 4 is 29.0 Å². The van der Waals surface area contributed by atoms with E-state index in [0.29, 0.717) is 12.0 Å². The molecule has 0 fully saturated rings. The summed E-state index contributed by atoms with van der Waals surface area (Å²) in [5, 5.41) is 9.94. The highest BCUT2D eigenvalue weighted by atomic mass is 16.4. The molecule has 88 valence electrons. The summed E-state index contributed by atoms with van der Waals surface area (Å²) in [6, 6.07) is 6.63. The van der Waals surface area contributed by atoms with Crippen LogP contribution < -0.4 is 4.90 Å². The van der Waals surface area contributed by atoms with Crippen LogP contribution in [0.15, 0.2) is 30.5 Å². The van der Waals surface area contributed by atoms with Gasteiger partial charge in [0.05, 0.1) is 11.7 Å². The molecule has 1 unspecified atom stereocenters. The van der Waals surface area contributed by atoms with E-state index in [0.717, 1.165) is 15.8 Å². The fourth-order valence-corrected chi connectivity index (χ4v) is 1.81. The first-order valence-corrected chi connectivity index (χ1v) is 5.18. The van der Waals surface area contributed by atoms with E-state index in [1.165, 1.54) is 0 Å². The summed E-state index contributed by atoms with van der Waals surface area (Å²) in [4.78, 5) is 26.0. The Hall–Kier alpha value is -2.30. The Balaban J connectivity index is 2.56. The quantitative estimate of drug-likeness (QED) is 0.797. The summed E-state index contributed by atoms with van der Waals surface area (Å²) >= 11 is 0. The summed E-state index contributed by atoms with van der Waals surface area (Å²) < 4.78 is 0. The van der Waals surface area contributed by atoms with Crippen molar-refractivity contribution < 1.29 is 14.7 Å². The lowest BCUT2D eigenvalue weighted by Gasteiger charge is -2.21. The molecule has 17 heavy (non-hydrogen) atoms. The van der Waals surface area contributed by atoms with Gasteiger partial charge in [0, 0.05) is 17.1 Å². The topological polar surface area (TPSA) is 73.4 Å². The van der Waals surface area contributed by atoms with Gasteiger partial charge in [-0.15, -0.1) is 0 Å². The largest absolute Gasteiger partial charge is 0.465 e. The molecule has 0 aliphatic carbocycles. The number of anilines is 1. The first kappa shape index (κ1) is 11.2. The van der Waals surface area contributed by atoms with Crippen LogP contribution in [0, 0.1) is 0 Å². The SMILES string of the molecule is CC(C=O)N(C(=O)O)c1c[nH]c2ccccc12. The highest BCUT2D eigenvalue weighted by Crippen LogP contribution is 2.27. The smallest absolute Gasteiger partial charge is 0.412 e. The number of carboxylic acid groups (broad SMARTS) is 1. The number of aromatic amines is 1.